The molecule has 0 spiro atoms. The monoisotopic (exact) mass is 404 g/mol. The molecule has 152 valence electrons. The van der Waals surface area contributed by atoms with E-state index in [0.717, 1.165) is 11.1 Å². The average molecular weight is 404 g/mol. The molecule has 0 aliphatic carbocycles. The van der Waals surface area contributed by atoms with Crippen LogP contribution in [-0.4, -0.2) is 35.1 Å². The van der Waals surface area contributed by atoms with Gasteiger partial charge in [0.05, 0.1) is 5.92 Å². The normalized spacial score (nSPS) is 18.2. The molecule has 1 heterocycles. The third kappa shape index (κ3) is 4.17. The van der Waals surface area contributed by atoms with E-state index in [4.69, 9.17) is 0 Å². The summed E-state index contributed by atoms with van der Waals surface area (Å²) in [5, 5.41) is 12.3. The van der Waals surface area contributed by atoms with Gasteiger partial charge in [-0.05, 0) is 41.0 Å². The summed E-state index contributed by atoms with van der Waals surface area (Å²) in [7, 11) is 0. The van der Waals surface area contributed by atoms with Gasteiger partial charge in [0.1, 0.15) is 5.82 Å². The molecule has 2 amide bonds. The number of halogens is 1. The molecule has 1 aliphatic rings. The maximum absolute atomic E-state index is 13.7. The summed E-state index contributed by atoms with van der Waals surface area (Å²) in [6.45, 7) is 0.224. The minimum atomic E-state index is -1.09. The largest absolute Gasteiger partial charge is 0.465 e. The maximum Gasteiger partial charge on any atom is 0.407 e. The Bertz CT molecular complexity index is 1070. The average Bonchev–Trinajstić information content (AvgIpc) is 3.21. The Kier molecular flexibility index (Phi) is 5.48. The van der Waals surface area contributed by atoms with Crippen LogP contribution in [0.1, 0.15) is 11.5 Å². The minimum absolute atomic E-state index is 0.0702. The molecule has 2 atom stereocenters. The Morgan fingerprint density at radius 2 is 1.63 bits per heavy atom. The number of carbonyl (C=O) groups excluding carboxylic acids is 1. The Hall–Kier alpha value is -3.67. The number of benzene rings is 3. The second kappa shape index (κ2) is 8.37. The van der Waals surface area contributed by atoms with E-state index in [1.807, 2.05) is 48.5 Å². The van der Waals surface area contributed by atoms with Crippen molar-refractivity contribution in [1.82, 2.24) is 4.90 Å². The van der Waals surface area contributed by atoms with E-state index in [-0.39, 0.29) is 19.0 Å². The molecule has 1 fully saturated rings. The molecule has 2 N–H and O–H groups in total. The molecule has 1 saturated heterocycles. The van der Waals surface area contributed by atoms with Crippen LogP contribution in [0.2, 0.25) is 0 Å². The first-order chi connectivity index (χ1) is 14.5. The lowest BCUT2D eigenvalue weighted by atomic mass is 9.88. The second-order valence-electron chi connectivity index (χ2n) is 7.39. The number of carboxylic acid groups (broad SMARTS) is 1. The Morgan fingerprint density at radius 1 is 0.900 bits per heavy atom. The van der Waals surface area contributed by atoms with Crippen LogP contribution in [0.5, 0.6) is 0 Å². The lowest BCUT2D eigenvalue weighted by molar-refractivity contribution is -0.119. The minimum Gasteiger partial charge on any atom is -0.465 e. The van der Waals surface area contributed by atoms with E-state index < -0.39 is 23.7 Å². The Morgan fingerprint density at radius 3 is 2.37 bits per heavy atom. The molecular formula is C24H21FN2O3. The van der Waals surface area contributed by atoms with Crippen LogP contribution in [0, 0.1) is 11.7 Å². The number of nitrogens with one attached hydrogen (secondary N) is 1. The molecule has 0 bridgehead atoms. The predicted octanol–water partition coefficient (Wildman–Crippen LogP) is 4.82. The van der Waals surface area contributed by atoms with E-state index >= 15 is 0 Å². The van der Waals surface area contributed by atoms with Crippen LogP contribution < -0.4 is 5.32 Å². The van der Waals surface area contributed by atoms with Crippen molar-refractivity contribution in [2.24, 2.45) is 5.92 Å². The molecule has 1 aliphatic heterocycles. The van der Waals surface area contributed by atoms with Gasteiger partial charge >= 0.3 is 6.09 Å². The van der Waals surface area contributed by atoms with Crippen molar-refractivity contribution in [2.75, 3.05) is 18.4 Å². The summed E-state index contributed by atoms with van der Waals surface area (Å²) >= 11 is 0. The Labute approximate surface area is 173 Å². The quantitative estimate of drug-likeness (QED) is 0.655. The summed E-state index contributed by atoms with van der Waals surface area (Å²) in [6, 6.07) is 23.3. The van der Waals surface area contributed by atoms with Gasteiger partial charge in [-0.2, -0.15) is 0 Å². The first kappa shape index (κ1) is 19.6. The SMILES string of the molecule is O=C(Nc1cccc(-c2ccccc2)c1)[C@H]1CN(C(=O)O)C[C@@H]1c1cccc(F)c1. The third-order valence-corrected chi connectivity index (χ3v) is 5.44. The fraction of sp³-hybridized carbons (Fsp3) is 0.167. The number of hydrogen-bond acceptors (Lipinski definition) is 2. The summed E-state index contributed by atoms with van der Waals surface area (Å²) in [6.07, 6.45) is -1.09. The molecule has 5 nitrogen and oxygen atoms in total. The van der Waals surface area contributed by atoms with Gasteiger partial charge in [-0.1, -0.05) is 54.6 Å². The fourth-order valence-corrected chi connectivity index (χ4v) is 3.94. The number of nitrogens with zero attached hydrogens (tertiary/aromatic N) is 1. The van der Waals surface area contributed by atoms with Gasteiger partial charge in [0.2, 0.25) is 5.91 Å². The van der Waals surface area contributed by atoms with Crippen molar-refractivity contribution in [3.8, 4) is 11.1 Å². The van der Waals surface area contributed by atoms with Crippen LogP contribution in [-0.2, 0) is 4.79 Å². The maximum atomic E-state index is 13.7. The molecular weight excluding hydrogens is 383 g/mol. The summed E-state index contributed by atoms with van der Waals surface area (Å²) in [5.41, 5.74) is 3.25. The van der Waals surface area contributed by atoms with Crippen molar-refractivity contribution in [2.45, 2.75) is 5.92 Å². The molecule has 0 saturated carbocycles. The number of carbonyl (C=O) groups is 2. The van der Waals surface area contributed by atoms with E-state index in [9.17, 15) is 19.1 Å². The smallest absolute Gasteiger partial charge is 0.407 e. The highest BCUT2D eigenvalue weighted by molar-refractivity contribution is 5.94. The zero-order valence-corrected chi connectivity index (χ0v) is 16.2. The standard InChI is InChI=1S/C24H21FN2O3/c25-19-10-4-9-18(12-19)21-14-27(24(29)30)15-22(21)23(28)26-20-11-5-8-17(13-20)16-6-2-1-3-7-16/h1-13,21-22H,14-15H2,(H,26,28)(H,29,30)/t21-,22+/m1/s1. The van der Waals surface area contributed by atoms with E-state index in [0.29, 0.717) is 11.3 Å². The highest BCUT2D eigenvalue weighted by atomic mass is 19.1. The second-order valence-corrected chi connectivity index (χ2v) is 7.39. The zero-order chi connectivity index (χ0) is 21.1. The highest BCUT2D eigenvalue weighted by Crippen LogP contribution is 2.34. The van der Waals surface area contributed by atoms with Crippen LogP contribution in [0.25, 0.3) is 11.1 Å². The molecule has 4 rings (SSSR count). The molecule has 3 aromatic rings. The van der Waals surface area contributed by atoms with Gasteiger partial charge in [0.15, 0.2) is 0 Å². The van der Waals surface area contributed by atoms with Crippen LogP contribution >= 0.6 is 0 Å². The number of likely N-dealkylation sites (tertiary alicyclic amines) is 1. The van der Waals surface area contributed by atoms with Crippen molar-refractivity contribution < 1.29 is 19.1 Å². The number of amides is 2. The van der Waals surface area contributed by atoms with Crippen molar-refractivity contribution in [3.05, 3.63) is 90.2 Å². The fourth-order valence-electron chi connectivity index (χ4n) is 3.94. The topological polar surface area (TPSA) is 69.6 Å². The molecule has 6 heteroatoms. The van der Waals surface area contributed by atoms with Gasteiger partial charge in [-0.3, -0.25) is 4.79 Å². The zero-order valence-electron chi connectivity index (χ0n) is 16.2. The van der Waals surface area contributed by atoms with E-state index in [2.05, 4.69) is 5.32 Å². The summed E-state index contributed by atoms with van der Waals surface area (Å²) in [4.78, 5) is 25.8. The van der Waals surface area contributed by atoms with E-state index in [1.54, 1.807) is 18.2 Å². The van der Waals surface area contributed by atoms with Crippen LogP contribution in [0.15, 0.2) is 78.9 Å². The predicted molar refractivity (Wildman–Crippen MR) is 113 cm³/mol. The lowest BCUT2D eigenvalue weighted by Gasteiger charge is -2.18. The molecule has 30 heavy (non-hydrogen) atoms. The Balaban J connectivity index is 1.57. The number of hydrogen-bond donors (Lipinski definition) is 2. The lowest BCUT2D eigenvalue weighted by Crippen LogP contribution is -2.30. The van der Waals surface area contributed by atoms with Crippen LogP contribution in [0.4, 0.5) is 14.9 Å². The van der Waals surface area contributed by atoms with Gasteiger partial charge in [-0.25, -0.2) is 9.18 Å². The van der Waals surface area contributed by atoms with E-state index in [1.165, 1.54) is 17.0 Å². The first-order valence-corrected chi connectivity index (χ1v) is 9.71. The van der Waals surface area contributed by atoms with Gasteiger partial charge in [-0.15, -0.1) is 0 Å². The third-order valence-electron chi connectivity index (χ3n) is 5.44. The summed E-state index contributed by atoms with van der Waals surface area (Å²) in [5.74, 6) is -1.70. The molecule has 0 aromatic heterocycles. The number of anilines is 1. The number of rotatable bonds is 4. The molecule has 3 aromatic carbocycles. The van der Waals surface area contributed by atoms with Crippen molar-refractivity contribution >= 4 is 17.7 Å². The van der Waals surface area contributed by atoms with Gasteiger partial charge in [0.25, 0.3) is 0 Å². The van der Waals surface area contributed by atoms with Gasteiger partial charge in [0, 0.05) is 24.7 Å². The molecule has 0 radical (unpaired) electrons. The van der Waals surface area contributed by atoms with Gasteiger partial charge < -0.3 is 15.3 Å². The van der Waals surface area contributed by atoms with Crippen LogP contribution in [0.3, 0.4) is 0 Å². The first-order valence-electron chi connectivity index (χ1n) is 9.71. The van der Waals surface area contributed by atoms with Crippen molar-refractivity contribution in [3.63, 3.8) is 0 Å². The summed E-state index contributed by atoms with van der Waals surface area (Å²) < 4.78 is 13.7. The van der Waals surface area contributed by atoms with Crippen molar-refractivity contribution in [1.29, 1.82) is 0 Å². The highest BCUT2D eigenvalue weighted by Gasteiger charge is 2.40. The molecule has 0 unspecified atom stereocenters.